The number of carbonyl (C=O) groups is 3. The van der Waals surface area contributed by atoms with Crippen LogP contribution in [-0.2, 0) is 47.1 Å². The number of Topliss-reactive ketones (excluding diaryl/α,β-unsaturated/α-hetero) is 1. The number of nitrogens with one attached hydrogen (secondary N) is 1. The summed E-state index contributed by atoms with van der Waals surface area (Å²) in [4.78, 5) is 41.7. The van der Waals surface area contributed by atoms with Gasteiger partial charge in [0, 0.05) is 51.7 Å². The van der Waals surface area contributed by atoms with Crippen molar-refractivity contribution >= 4 is 17.6 Å². The molecular formula is C19H32N3O3Y-. The summed E-state index contributed by atoms with van der Waals surface area (Å²) in [5, 5.41) is 3.23. The van der Waals surface area contributed by atoms with Crippen molar-refractivity contribution in [3.8, 4) is 0 Å². The monoisotopic (exact) mass is 439 g/mol. The first kappa shape index (κ1) is 23.7. The molecular weight excluding hydrogens is 407 g/mol. The second-order valence-corrected chi connectivity index (χ2v) is 7.59. The second kappa shape index (κ2) is 10.3. The van der Waals surface area contributed by atoms with E-state index in [1.54, 1.807) is 9.80 Å². The summed E-state index contributed by atoms with van der Waals surface area (Å²) >= 11 is 0. The molecule has 0 aliphatic carbocycles. The first-order valence-electron chi connectivity index (χ1n) is 9.38. The summed E-state index contributed by atoms with van der Waals surface area (Å²) in [5.41, 5.74) is 0. The van der Waals surface area contributed by atoms with Crippen molar-refractivity contribution in [3.05, 3.63) is 7.43 Å². The van der Waals surface area contributed by atoms with E-state index in [9.17, 15) is 14.4 Å². The van der Waals surface area contributed by atoms with Gasteiger partial charge in [-0.05, 0) is 45.1 Å². The molecule has 3 heterocycles. The van der Waals surface area contributed by atoms with Crippen LogP contribution in [0.25, 0.3) is 0 Å². The molecule has 3 fully saturated rings. The summed E-state index contributed by atoms with van der Waals surface area (Å²) in [6.07, 6.45) is 5.09. The fourth-order valence-corrected chi connectivity index (χ4v) is 4.29. The number of nitrogens with zero attached hydrogens (tertiary/aromatic N) is 2. The van der Waals surface area contributed by atoms with Crippen LogP contribution in [-0.4, -0.2) is 65.2 Å². The third-order valence-corrected chi connectivity index (χ3v) is 5.61. The van der Waals surface area contributed by atoms with Crippen LogP contribution in [0.5, 0.6) is 0 Å². The summed E-state index contributed by atoms with van der Waals surface area (Å²) < 4.78 is 0. The van der Waals surface area contributed by atoms with Gasteiger partial charge in [-0.15, -0.1) is 0 Å². The molecule has 0 aromatic rings. The van der Waals surface area contributed by atoms with Gasteiger partial charge in [0.2, 0.25) is 11.8 Å². The van der Waals surface area contributed by atoms with Crippen molar-refractivity contribution in [1.29, 1.82) is 0 Å². The van der Waals surface area contributed by atoms with Gasteiger partial charge >= 0.3 is 0 Å². The van der Waals surface area contributed by atoms with Crippen LogP contribution in [0.4, 0.5) is 0 Å². The van der Waals surface area contributed by atoms with Gasteiger partial charge in [-0.1, -0.05) is 13.8 Å². The van der Waals surface area contributed by atoms with Crippen molar-refractivity contribution in [2.75, 3.05) is 19.6 Å². The molecule has 3 aliphatic rings. The maximum Gasteiger partial charge on any atom is 0.245 e. The Morgan fingerprint density at radius 3 is 2.00 bits per heavy atom. The largest absolute Gasteiger partial charge is 0.358 e. The normalized spacial score (nSPS) is 28.0. The van der Waals surface area contributed by atoms with E-state index in [1.807, 2.05) is 13.8 Å². The summed E-state index contributed by atoms with van der Waals surface area (Å²) in [5.74, 6) is 0.131. The minimum atomic E-state index is -0.375. The minimum Gasteiger partial charge on any atom is -0.358 e. The molecule has 6 nitrogen and oxygen atoms in total. The molecule has 0 aromatic heterocycles. The van der Waals surface area contributed by atoms with Crippen molar-refractivity contribution in [2.24, 2.45) is 5.92 Å². The van der Waals surface area contributed by atoms with Gasteiger partial charge in [0.15, 0.2) is 5.78 Å². The molecule has 3 saturated heterocycles. The fraction of sp³-hybridized carbons (Fsp3) is 0.789. The van der Waals surface area contributed by atoms with Crippen LogP contribution in [0.2, 0.25) is 0 Å². The fourth-order valence-electron chi connectivity index (χ4n) is 4.29. The Morgan fingerprint density at radius 2 is 1.46 bits per heavy atom. The number of carbonyl (C=O) groups excluding carboxylic acids is 3. The Labute approximate surface area is 182 Å². The molecule has 145 valence electrons. The van der Waals surface area contributed by atoms with Crippen molar-refractivity contribution in [2.45, 2.75) is 70.5 Å². The predicted molar refractivity (Wildman–Crippen MR) is 96.8 cm³/mol. The Hall–Kier alpha value is -0.326. The van der Waals surface area contributed by atoms with E-state index in [0.717, 1.165) is 45.1 Å². The Kier molecular flexibility index (Phi) is 9.38. The number of ketones is 1. The first-order valence-corrected chi connectivity index (χ1v) is 9.38. The number of hydrogen-bond acceptors (Lipinski definition) is 4. The zero-order valence-corrected chi connectivity index (χ0v) is 19.2. The van der Waals surface area contributed by atoms with E-state index in [2.05, 4.69) is 5.32 Å². The summed E-state index contributed by atoms with van der Waals surface area (Å²) in [7, 11) is 0. The molecule has 0 saturated carbocycles. The molecule has 0 spiro atoms. The Bertz CT molecular complexity index is 520. The van der Waals surface area contributed by atoms with Crippen LogP contribution in [0.15, 0.2) is 0 Å². The topological polar surface area (TPSA) is 69.7 Å². The zero-order valence-electron chi connectivity index (χ0n) is 16.4. The van der Waals surface area contributed by atoms with Crippen molar-refractivity contribution < 1.29 is 47.1 Å². The summed E-state index contributed by atoms with van der Waals surface area (Å²) in [6.45, 7) is 5.95. The van der Waals surface area contributed by atoms with E-state index in [1.165, 1.54) is 0 Å². The van der Waals surface area contributed by atoms with Gasteiger partial charge < -0.3 is 22.5 Å². The number of likely N-dealkylation sites (tertiary alicyclic amines) is 2. The molecule has 2 amide bonds. The van der Waals surface area contributed by atoms with Gasteiger partial charge in [0.25, 0.3) is 0 Å². The quantitative estimate of drug-likeness (QED) is 0.673. The standard InChI is InChI=1S/C18H29N3O3.CH3.Y/c1-12(2)16(22)14-7-4-10-20(14)18(24)15-8-5-11-21(15)17(23)13-6-3-9-19-13;;/h12-15,19H,3-11H2,1-2H3;1H3;/q;-1;. The number of amides is 2. The molecule has 1 radical (unpaired) electrons. The maximum atomic E-state index is 13.1. The van der Waals surface area contributed by atoms with Crippen LogP contribution in [0.3, 0.4) is 0 Å². The van der Waals surface area contributed by atoms with Crippen molar-refractivity contribution in [1.82, 2.24) is 15.1 Å². The molecule has 26 heavy (non-hydrogen) atoms. The molecule has 3 aliphatic heterocycles. The number of hydrogen-bond donors (Lipinski definition) is 1. The van der Waals surface area contributed by atoms with E-state index in [-0.39, 0.29) is 81.8 Å². The van der Waals surface area contributed by atoms with E-state index in [0.29, 0.717) is 13.1 Å². The molecule has 0 aromatic carbocycles. The summed E-state index contributed by atoms with van der Waals surface area (Å²) in [6, 6.07) is -0.801. The zero-order chi connectivity index (χ0) is 17.3. The van der Waals surface area contributed by atoms with E-state index < -0.39 is 0 Å². The van der Waals surface area contributed by atoms with E-state index >= 15 is 0 Å². The SMILES string of the molecule is CC(C)C(=O)C1CCCN1C(=O)C1CCCN1C(=O)C1CCCN1.[CH3-].[Y]. The van der Waals surface area contributed by atoms with Gasteiger partial charge in [-0.2, -0.15) is 0 Å². The Balaban J connectivity index is 0.00000169. The third kappa shape index (κ3) is 4.74. The molecule has 1 N–H and O–H groups in total. The predicted octanol–water partition coefficient (Wildman–Crippen LogP) is 1.39. The molecule has 0 bridgehead atoms. The maximum absolute atomic E-state index is 13.1. The van der Waals surface area contributed by atoms with Crippen LogP contribution in [0.1, 0.15) is 52.4 Å². The van der Waals surface area contributed by atoms with Gasteiger partial charge in [0.05, 0.1) is 12.1 Å². The Morgan fingerprint density at radius 1 is 0.885 bits per heavy atom. The first-order chi connectivity index (χ1) is 11.5. The number of rotatable bonds is 4. The molecule has 7 heteroatoms. The third-order valence-electron chi connectivity index (χ3n) is 5.61. The average molecular weight is 439 g/mol. The molecule has 3 rings (SSSR count). The van der Waals surface area contributed by atoms with Crippen LogP contribution >= 0.6 is 0 Å². The smallest absolute Gasteiger partial charge is 0.245 e. The van der Waals surface area contributed by atoms with Crippen LogP contribution < -0.4 is 5.32 Å². The van der Waals surface area contributed by atoms with E-state index in [4.69, 9.17) is 0 Å². The van der Waals surface area contributed by atoms with Crippen molar-refractivity contribution in [3.63, 3.8) is 0 Å². The minimum absolute atomic E-state index is 0. The van der Waals surface area contributed by atoms with Gasteiger partial charge in [0.1, 0.15) is 6.04 Å². The molecule has 3 unspecified atom stereocenters. The van der Waals surface area contributed by atoms with Gasteiger partial charge in [-0.25, -0.2) is 0 Å². The van der Waals surface area contributed by atoms with Crippen LogP contribution in [0, 0.1) is 13.3 Å². The molecule has 3 atom stereocenters. The average Bonchev–Trinajstić information content (AvgIpc) is 3.33. The second-order valence-electron chi connectivity index (χ2n) is 7.59. The van der Waals surface area contributed by atoms with Gasteiger partial charge in [-0.3, -0.25) is 14.4 Å².